The molecule has 0 bridgehead atoms. The molecule has 1 heterocycles. The molecule has 2 rings (SSSR count). The fourth-order valence-electron chi connectivity index (χ4n) is 2.52. The van der Waals surface area contributed by atoms with Crippen molar-refractivity contribution in [2.45, 2.75) is 18.9 Å². The quantitative estimate of drug-likeness (QED) is 0.813. The third-order valence-electron chi connectivity index (χ3n) is 3.53. The lowest BCUT2D eigenvalue weighted by atomic mass is 9.93. The Hall–Kier alpha value is -1.39. The van der Waals surface area contributed by atoms with Gasteiger partial charge in [0.15, 0.2) is 0 Å². The first-order valence-electron chi connectivity index (χ1n) is 6.25. The van der Waals surface area contributed by atoms with Crippen molar-refractivity contribution in [3.05, 3.63) is 35.4 Å². The minimum absolute atomic E-state index is 0.000365. The molecule has 0 aliphatic carbocycles. The Morgan fingerprint density at radius 3 is 3.00 bits per heavy atom. The first kappa shape index (κ1) is 13.1. The van der Waals surface area contributed by atoms with Gasteiger partial charge in [-0.05, 0) is 17.5 Å². The number of aliphatic hydroxyl groups is 1. The predicted octanol–water partition coefficient (Wildman–Crippen LogP) is 1.14. The van der Waals surface area contributed by atoms with Crippen molar-refractivity contribution in [2.75, 3.05) is 26.8 Å². The predicted molar refractivity (Wildman–Crippen MR) is 68.2 cm³/mol. The van der Waals surface area contributed by atoms with E-state index in [4.69, 9.17) is 0 Å². The normalized spacial score (nSPS) is 19.3. The van der Waals surface area contributed by atoms with Crippen molar-refractivity contribution >= 4 is 5.97 Å². The van der Waals surface area contributed by atoms with E-state index < -0.39 is 0 Å². The number of benzene rings is 1. The van der Waals surface area contributed by atoms with Gasteiger partial charge in [-0.3, -0.25) is 9.69 Å². The second kappa shape index (κ2) is 5.98. The molecular weight excluding hydrogens is 230 g/mol. The molecule has 1 atom stereocenters. The topological polar surface area (TPSA) is 49.8 Å². The number of methoxy groups -OCH3 is 1. The number of carbonyl (C=O) groups excluding carboxylic acids is 1. The van der Waals surface area contributed by atoms with E-state index in [-0.39, 0.29) is 18.6 Å². The maximum absolute atomic E-state index is 11.2. The molecule has 1 aliphatic rings. The lowest BCUT2D eigenvalue weighted by Crippen LogP contribution is -2.38. The van der Waals surface area contributed by atoms with Crippen LogP contribution in [0, 0.1) is 0 Å². The monoisotopic (exact) mass is 249 g/mol. The summed E-state index contributed by atoms with van der Waals surface area (Å²) in [6.45, 7) is 1.59. The molecule has 0 saturated carbocycles. The Balaban J connectivity index is 2.08. The van der Waals surface area contributed by atoms with E-state index in [0.717, 1.165) is 13.0 Å². The molecular formula is C14H19NO3. The number of fused-ring (bicyclic) bond motifs is 1. The average Bonchev–Trinajstić information content (AvgIpc) is 2.43. The minimum atomic E-state index is -0.203. The third kappa shape index (κ3) is 2.71. The highest BCUT2D eigenvalue weighted by Crippen LogP contribution is 2.29. The van der Waals surface area contributed by atoms with Gasteiger partial charge in [-0.25, -0.2) is 0 Å². The van der Waals surface area contributed by atoms with Crippen molar-refractivity contribution in [2.24, 2.45) is 0 Å². The van der Waals surface area contributed by atoms with E-state index in [9.17, 15) is 9.90 Å². The second-order valence-electron chi connectivity index (χ2n) is 4.51. The highest BCUT2D eigenvalue weighted by molar-refractivity contribution is 5.69. The Morgan fingerprint density at radius 2 is 2.28 bits per heavy atom. The van der Waals surface area contributed by atoms with Gasteiger partial charge in [-0.2, -0.15) is 0 Å². The standard InChI is InChI=1S/C14H19NO3/c1-18-14(17)7-9-15-8-6-11-4-2-3-5-12(11)13(15)10-16/h2-5,13,16H,6-10H2,1H3. The van der Waals surface area contributed by atoms with Crippen LogP contribution in [-0.4, -0.2) is 42.8 Å². The lowest BCUT2D eigenvalue weighted by molar-refractivity contribution is -0.141. The Kier molecular flexibility index (Phi) is 4.33. The summed E-state index contributed by atoms with van der Waals surface area (Å²) in [5.41, 5.74) is 2.47. The van der Waals surface area contributed by atoms with E-state index >= 15 is 0 Å². The fraction of sp³-hybridized carbons (Fsp3) is 0.500. The summed E-state index contributed by atoms with van der Waals surface area (Å²) < 4.78 is 4.65. The number of esters is 1. The van der Waals surface area contributed by atoms with Crippen molar-refractivity contribution in [1.29, 1.82) is 0 Å². The molecule has 1 aromatic carbocycles. The Bertz CT molecular complexity index is 419. The number of nitrogens with zero attached hydrogens (tertiary/aromatic N) is 1. The van der Waals surface area contributed by atoms with Crippen molar-refractivity contribution in [1.82, 2.24) is 4.90 Å². The molecule has 0 aromatic heterocycles. The van der Waals surface area contributed by atoms with Crippen LogP contribution in [-0.2, 0) is 16.0 Å². The van der Waals surface area contributed by atoms with Gasteiger partial charge in [0.25, 0.3) is 0 Å². The third-order valence-corrected chi connectivity index (χ3v) is 3.53. The zero-order chi connectivity index (χ0) is 13.0. The summed E-state index contributed by atoms with van der Waals surface area (Å²) in [7, 11) is 1.40. The molecule has 0 fully saturated rings. The van der Waals surface area contributed by atoms with Crippen molar-refractivity contribution in [3.8, 4) is 0 Å². The largest absolute Gasteiger partial charge is 0.469 e. The molecule has 4 nitrogen and oxygen atoms in total. The van der Waals surface area contributed by atoms with Crippen LogP contribution < -0.4 is 0 Å². The maximum atomic E-state index is 11.2. The average molecular weight is 249 g/mol. The lowest BCUT2D eigenvalue weighted by Gasteiger charge is -2.36. The summed E-state index contributed by atoms with van der Waals surface area (Å²) >= 11 is 0. The van der Waals surface area contributed by atoms with Gasteiger partial charge in [0.2, 0.25) is 0 Å². The summed E-state index contributed by atoms with van der Waals surface area (Å²) in [5.74, 6) is -0.203. The summed E-state index contributed by atoms with van der Waals surface area (Å²) in [5, 5.41) is 9.57. The number of hydrogen-bond donors (Lipinski definition) is 1. The summed E-state index contributed by atoms with van der Waals surface area (Å²) in [6.07, 6.45) is 1.34. The molecule has 1 unspecified atom stereocenters. The van der Waals surface area contributed by atoms with E-state index in [2.05, 4.69) is 21.8 Å². The van der Waals surface area contributed by atoms with Crippen LogP contribution >= 0.6 is 0 Å². The smallest absolute Gasteiger partial charge is 0.306 e. The molecule has 18 heavy (non-hydrogen) atoms. The highest BCUT2D eigenvalue weighted by Gasteiger charge is 2.26. The number of rotatable bonds is 4. The van der Waals surface area contributed by atoms with Crippen LogP contribution in [0.25, 0.3) is 0 Å². The molecule has 98 valence electrons. The number of carbonyl (C=O) groups is 1. The number of aliphatic hydroxyl groups excluding tert-OH is 1. The van der Waals surface area contributed by atoms with Gasteiger partial charge in [-0.1, -0.05) is 24.3 Å². The molecule has 4 heteroatoms. The van der Waals surface area contributed by atoms with Gasteiger partial charge < -0.3 is 9.84 Å². The Morgan fingerprint density at radius 1 is 1.50 bits per heavy atom. The summed E-state index contributed by atoms with van der Waals surface area (Å²) in [6, 6.07) is 8.18. The second-order valence-corrected chi connectivity index (χ2v) is 4.51. The van der Waals surface area contributed by atoms with Crippen molar-refractivity contribution < 1.29 is 14.6 Å². The van der Waals surface area contributed by atoms with E-state index in [1.165, 1.54) is 18.2 Å². The van der Waals surface area contributed by atoms with E-state index in [1.54, 1.807) is 0 Å². The van der Waals surface area contributed by atoms with Crippen LogP contribution in [0.2, 0.25) is 0 Å². The van der Waals surface area contributed by atoms with Crippen LogP contribution in [0.4, 0.5) is 0 Å². The van der Waals surface area contributed by atoms with Gasteiger partial charge in [0.05, 0.1) is 26.2 Å². The molecule has 0 saturated heterocycles. The van der Waals surface area contributed by atoms with Gasteiger partial charge in [-0.15, -0.1) is 0 Å². The molecule has 1 aliphatic heterocycles. The molecule has 1 N–H and O–H groups in total. The van der Waals surface area contributed by atoms with Crippen molar-refractivity contribution in [3.63, 3.8) is 0 Å². The van der Waals surface area contributed by atoms with Gasteiger partial charge >= 0.3 is 5.97 Å². The van der Waals surface area contributed by atoms with Crippen LogP contribution in [0.15, 0.2) is 24.3 Å². The highest BCUT2D eigenvalue weighted by atomic mass is 16.5. The fourth-order valence-corrected chi connectivity index (χ4v) is 2.52. The van der Waals surface area contributed by atoms with Gasteiger partial charge in [0.1, 0.15) is 0 Å². The van der Waals surface area contributed by atoms with Crippen LogP contribution in [0.3, 0.4) is 0 Å². The zero-order valence-corrected chi connectivity index (χ0v) is 10.6. The van der Waals surface area contributed by atoms with E-state index in [1.807, 2.05) is 12.1 Å². The first-order chi connectivity index (χ1) is 8.76. The molecule has 1 aromatic rings. The van der Waals surface area contributed by atoms with Gasteiger partial charge in [0, 0.05) is 13.1 Å². The molecule has 0 radical (unpaired) electrons. The first-order valence-corrected chi connectivity index (χ1v) is 6.25. The zero-order valence-electron chi connectivity index (χ0n) is 10.6. The molecule has 0 amide bonds. The Labute approximate surface area is 107 Å². The maximum Gasteiger partial charge on any atom is 0.306 e. The minimum Gasteiger partial charge on any atom is -0.469 e. The van der Waals surface area contributed by atoms with Crippen LogP contribution in [0.1, 0.15) is 23.6 Å². The summed E-state index contributed by atoms with van der Waals surface area (Å²) in [4.78, 5) is 13.3. The number of ether oxygens (including phenoxy) is 1. The molecule has 0 spiro atoms. The SMILES string of the molecule is COC(=O)CCN1CCc2ccccc2C1CO. The van der Waals surface area contributed by atoms with E-state index in [0.29, 0.717) is 13.0 Å². The number of hydrogen-bond acceptors (Lipinski definition) is 4. The van der Waals surface area contributed by atoms with Crippen LogP contribution in [0.5, 0.6) is 0 Å².